The number of esters is 2. The van der Waals surface area contributed by atoms with Crippen molar-refractivity contribution in [1.29, 1.82) is 0 Å². The molecule has 0 unspecified atom stereocenters. The van der Waals surface area contributed by atoms with E-state index in [0.717, 1.165) is 9.87 Å². The predicted molar refractivity (Wildman–Crippen MR) is 136 cm³/mol. The lowest BCUT2D eigenvalue weighted by Gasteiger charge is -2.25. The number of methoxy groups -OCH3 is 3. The molecular formula is C26H26N2O8S. The summed E-state index contributed by atoms with van der Waals surface area (Å²) in [7, 11) is -0.392. The van der Waals surface area contributed by atoms with Crippen molar-refractivity contribution in [3.8, 4) is 5.75 Å². The smallest absolute Gasteiger partial charge is 0.339 e. The van der Waals surface area contributed by atoms with Crippen LogP contribution in [0.3, 0.4) is 0 Å². The Kier molecular flexibility index (Phi) is 8.51. The molecule has 0 saturated heterocycles. The molecule has 3 aromatic carbocycles. The van der Waals surface area contributed by atoms with Crippen LogP contribution in [0.15, 0.2) is 71.6 Å². The van der Waals surface area contributed by atoms with Crippen molar-refractivity contribution in [2.45, 2.75) is 11.8 Å². The van der Waals surface area contributed by atoms with Crippen molar-refractivity contribution >= 4 is 39.2 Å². The Morgan fingerprint density at radius 3 is 2.16 bits per heavy atom. The molecule has 0 aromatic heterocycles. The second-order valence-electron chi connectivity index (χ2n) is 7.82. The number of carbonyl (C=O) groups is 3. The van der Waals surface area contributed by atoms with E-state index < -0.39 is 34.4 Å². The number of nitrogens with one attached hydrogen (secondary N) is 1. The largest absolute Gasteiger partial charge is 0.497 e. The van der Waals surface area contributed by atoms with E-state index in [4.69, 9.17) is 14.2 Å². The topological polar surface area (TPSA) is 128 Å². The lowest BCUT2D eigenvalue weighted by molar-refractivity contribution is -0.114. The van der Waals surface area contributed by atoms with Crippen LogP contribution in [0.2, 0.25) is 0 Å². The molecule has 0 saturated carbocycles. The van der Waals surface area contributed by atoms with Gasteiger partial charge < -0.3 is 19.5 Å². The molecule has 1 N–H and O–H groups in total. The average molecular weight is 527 g/mol. The fourth-order valence-corrected chi connectivity index (χ4v) is 4.83. The van der Waals surface area contributed by atoms with Crippen LogP contribution < -0.4 is 14.4 Å². The number of nitrogens with zero attached hydrogens (tertiary/aromatic N) is 1. The average Bonchev–Trinajstić information content (AvgIpc) is 2.90. The minimum Gasteiger partial charge on any atom is -0.497 e. The van der Waals surface area contributed by atoms with Gasteiger partial charge in [0.15, 0.2) is 0 Å². The maximum Gasteiger partial charge on any atom is 0.339 e. The fourth-order valence-electron chi connectivity index (χ4n) is 3.42. The Hall–Kier alpha value is -4.38. The van der Waals surface area contributed by atoms with Gasteiger partial charge in [-0.3, -0.25) is 9.10 Å². The predicted octanol–water partition coefficient (Wildman–Crippen LogP) is 3.41. The summed E-state index contributed by atoms with van der Waals surface area (Å²) in [5, 5.41) is 2.52. The third kappa shape index (κ3) is 6.25. The Morgan fingerprint density at radius 2 is 1.54 bits per heavy atom. The first kappa shape index (κ1) is 27.2. The highest BCUT2D eigenvalue weighted by atomic mass is 32.2. The number of rotatable bonds is 9. The van der Waals surface area contributed by atoms with Crippen molar-refractivity contribution < 1.29 is 37.0 Å². The highest BCUT2D eigenvalue weighted by Crippen LogP contribution is 2.28. The van der Waals surface area contributed by atoms with Gasteiger partial charge >= 0.3 is 11.9 Å². The zero-order valence-electron chi connectivity index (χ0n) is 20.7. The molecule has 0 fully saturated rings. The van der Waals surface area contributed by atoms with Gasteiger partial charge in [-0.1, -0.05) is 23.8 Å². The van der Waals surface area contributed by atoms with E-state index in [9.17, 15) is 22.8 Å². The van der Waals surface area contributed by atoms with Gasteiger partial charge in [-0.25, -0.2) is 18.0 Å². The molecule has 1 amide bonds. The summed E-state index contributed by atoms with van der Waals surface area (Å²) in [6.07, 6.45) is 0. The Labute approximate surface area is 214 Å². The summed E-state index contributed by atoms with van der Waals surface area (Å²) < 4.78 is 42.8. The molecule has 194 valence electrons. The molecule has 0 aliphatic rings. The van der Waals surface area contributed by atoms with Crippen molar-refractivity contribution in [2.75, 3.05) is 37.5 Å². The van der Waals surface area contributed by atoms with Gasteiger partial charge in [-0.2, -0.15) is 0 Å². The first-order chi connectivity index (χ1) is 17.6. The molecular weight excluding hydrogens is 500 g/mol. The van der Waals surface area contributed by atoms with Crippen LogP contribution in [-0.4, -0.2) is 54.1 Å². The fraction of sp³-hybridized carbons (Fsp3) is 0.192. The molecule has 0 atom stereocenters. The number of hydrogen-bond acceptors (Lipinski definition) is 8. The third-order valence-corrected chi connectivity index (χ3v) is 7.15. The molecule has 0 aliphatic heterocycles. The number of ether oxygens (including phenoxy) is 3. The summed E-state index contributed by atoms with van der Waals surface area (Å²) in [6, 6.07) is 16.3. The van der Waals surface area contributed by atoms with Crippen LogP contribution in [0.5, 0.6) is 5.75 Å². The molecule has 37 heavy (non-hydrogen) atoms. The summed E-state index contributed by atoms with van der Waals surface area (Å²) in [5.41, 5.74) is 1.05. The Bertz CT molecular complexity index is 1420. The van der Waals surface area contributed by atoms with Crippen molar-refractivity contribution in [2.24, 2.45) is 0 Å². The van der Waals surface area contributed by atoms with Crippen LogP contribution in [-0.2, 0) is 24.3 Å². The summed E-state index contributed by atoms with van der Waals surface area (Å²) >= 11 is 0. The lowest BCUT2D eigenvalue weighted by atomic mass is 10.1. The SMILES string of the molecule is COC(=O)c1ccc(C(=O)OC)c(NC(=O)CN(c2cccc(OC)c2)S(=O)(=O)c2ccc(C)cc2)c1. The molecule has 0 spiro atoms. The first-order valence-electron chi connectivity index (χ1n) is 10.9. The van der Waals surface area contributed by atoms with Gasteiger partial charge in [0.1, 0.15) is 12.3 Å². The maximum atomic E-state index is 13.6. The van der Waals surface area contributed by atoms with Gasteiger partial charge in [-0.05, 0) is 49.4 Å². The van der Waals surface area contributed by atoms with E-state index in [2.05, 4.69) is 5.32 Å². The second-order valence-corrected chi connectivity index (χ2v) is 9.68. The van der Waals surface area contributed by atoms with Gasteiger partial charge in [-0.15, -0.1) is 0 Å². The second kappa shape index (κ2) is 11.6. The molecule has 0 aliphatic carbocycles. The van der Waals surface area contributed by atoms with Crippen molar-refractivity contribution in [3.05, 3.63) is 83.4 Å². The quantitative estimate of drug-likeness (QED) is 0.420. The zero-order valence-corrected chi connectivity index (χ0v) is 21.5. The van der Waals surface area contributed by atoms with Crippen LogP contribution in [0.25, 0.3) is 0 Å². The monoisotopic (exact) mass is 526 g/mol. The summed E-state index contributed by atoms with van der Waals surface area (Å²) in [4.78, 5) is 37.4. The molecule has 3 aromatic rings. The van der Waals surface area contributed by atoms with E-state index in [1.165, 1.54) is 63.8 Å². The number of anilines is 2. The number of aryl methyl sites for hydroxylation is 1. The van der Waals surface area contributed by atoms with Crippen LogP contribution >= 0.6 is 0 Å². The molecule has 3 rings (SSSR count). The minimum atomic E-state index is -4.19. The van der Waals surface area contributed by atoms with Gasteiger partial charge in [0.05, 0.1) is 48.7 Å². The van der Waals surface area contributed by atoms with Crippen LogP contribution in [0, 0.1) is 6.92 Å². The number of hydrogen-bond donors (Lipinski definition) is 1. The summed E-state index contributed by atoms with van der Waals surface area (Å²) in [6.45, 7) is 1.18. The van der Waals surface area contributed by atoms with E-state index in [0.29, 0.717) is 5.75 Å². The van der Waals surface area contributed by atoms with E-state index in [1.807, 2.05) is 6.92 Å². The molecule has 0 heterocycles. The molecule has 11 heteroatoms. The van der Waals surface area contributed by atoms with E-state index >= 15 is 0 Å². The number of carbonyl (C=O) groups excluding carboxylic acids is 3. The normalized spacial score (nSPS) is 10.8. The summed E-state index contributed by atoms with van der Waals surface area (Å²) in [5.74, 6) is -1.83. The standard InChI is InChI=1S/C26H26N2O8S/c1-17-8-11-21(12-9-17)37(32,33)28(19-6-5-7-20(15-19)34-2)16-24(29)27-23-14-18(25(30)35-3)10-13-22(23)26(31)36-4/h5-15H,16H2,1-4H3,(H,27,29). The molecule has 10 nitrogen and oxygen atoms in total. The Morgan fingerprint density at radius 1 is 0.865 bits per heavy atom. The van der Waals surface area contributed by atoms with Crippen molar-refractivity contribution in [1.82, 2.24) is 0 Å². The van der Waals surface area contributed by atoms with Crippen molar-refractivity contribution in [3.63, 3.8) is 0 Å². The zero-order chi connectivity index (χ0) is 27.2. The third-order valence-electron chi connectivity index (χ3n) is 5.36. The number of amides is 1. The van der Waals surface area contributed by atoms with Crippen LogP contribution in [0.1, 0.15) is 26.3 Å². The van der Waals surface area contributed by atoms with E-state index in [1.54, 1.807) is 24.3 Å². The van der Waals surface area contributed by atoms with Gasteiger partial charge in [0.25, 0.3) is 10.0 Å². The van der Waals surface area contributed by atoms with Gasteiger partial charge in [0.2, 0.25) is 5.91 Å². The Balaban J connectivity index is 2.02. The van der Waals surface area contributed by atoms with E-state index in [-0.39, 0.29) is 27.4 Å². The number of sulfonamides is 1. The number of benzene rings is 3. The maximum absolute atomic E-state index is 13.6. The first-order valence-corrected chi connectivity index (χ1v) is 12.4. The highest BCUT2D eigenvalue weighted by molar-refractivity contribution is 7.92. The van der Waals surface area contributed by atoms with Crippen LogP contribution in [0.4, 0.5) is 11.4 Å². The lowest BCUT2D eigenvalue weighted by Crippen LogP contribution is -2.38. The van der Waals surface area contributed by atoms with Gasteiger partial charge in [0, 0.05) is 6.07 Å². The highest BCUT2D eigenvalue weighted by Gasteiger charge is 2.28. The molecule has 0 radical (unpaired) electrons. The molecule has 0 bridgehead atoms. The minimum absolute atomic E-state index is 0.0170.